The Balaban J connectivity index is 1.36. The third-order valence-electron chi connectivity index (χ3n) is 4.77. The van der Waals surface area contributed by atoms with E-state index in [2.05, 4.69) is 11.0 Å². The van der Waals surface area contributed by atoms with E-state index in [9.17, 15) is 5.11 Å². The molecule has 1 aliphatic carbocycles. The molecule has 4 nitrogen and oxygen atoms in total. The Bertz CT molecular complexity index is 509. The summed E-state index contributed by atoms with van der Waals surface area (Å²) < 4.78 is 5.69. The molecule has 3 rings (SSSR count). The van der Waals surface area contributed by atoms with Gasteiger partial charge in [-0.25, -0.2) is 0 Å². The fourth-order valence-corrected chi connectivity index (χ4v) is 3.62. The van der Waals surface area contributed by atoms with Gasteiger partial charge < -0.3 is 14.7 Å². The van der Waals surface area contributed by atoms with Crippen molar-refractivity contribution in [3.63, 3.8) is 0 Å². The number of hydrogen-bond donors (Lipinski definition) is 1. The molecule has 1 saturated heterocycles. The summed E-state index contributed by atoms with van der Waals surface area (Å²) in [7, 11) is 0. The number of hydrogen-bond acceptors (Lipinski definition) is 4. The van der Waals surface area contributed by atoms with Gasteiger partial charge in [0.15, 0.2) is 0 Å². The lowest BCUT2D eigenvalue weighted by Crippen LogP contribution is -2.26. The molecule has 2 fully saturated rings. The summed E-state index contributed by atoms with van der Waals surface area (Å²) in [6.45, 7) is 3.91. The molecule has 21 heavy (non-hydrogen) atoms. The second-order valence-corrected chi connectivity index (χ2v) is 6.17. The Labute approximate surface area is 125 Å². The first-order chi connectivity index (χ1) is 10.3. The molecule has 0 radical (unpaired) electrons. The molecule has 3 unspecified atom stereocenters. The number of benzene rings is 1. The number of ether oxygens (including phenoxy) is 1. The summed E-state index contributed by atoms with van der Waals surface area (Å²) in [6.07, 6.45) is 3.10. The Kier molecular flexibility index (Phi) is 4.42. The fraction of sp³-hybridized carbons (Fsp3) is 0.588. The zero-order chi connectivity index (χ0) is 14.7. The van der Waals surface area contributed by atoms with Crippen molar-refractivity contribution in [3.05, 3.63) is 29.8 Å². The fourth-order valence-electron chi connectivity index (χ4n) is 3.62. The van der Waals surface area contributed by atoms with Gasteiger partial charge in [0.05, 0.1) is 24.3 Å². The maximum absolute atomic E-state index is 9.91. The highest BCUT2D eigenvalue weighted by Gasteiger charge is 2.41. The molecular formula is C17H22N2O2. The lowest BCUT2D eigenvalue weighted by Gasteiger charge is -2.17. The lowest BCUT2D eigenvalue weighted by atomic mass is 10.00. The van der Waals surface area contributed by atoms with Crippen molar-refractivity contribution in [1.29, 1.82) is 5.26 Å². The molecule has 1 saturated carbocycles. The van der Waals surface area contributed by atoms with Crippen molar-refractivity contribution in [2.45, 2.75) is 25.4 Å². The van der Waals surface area contributed by atoms with Gasteiger partial charge in [0.1, 0.15) is 5.75 Å². The summed E-state index contributed by atoms with van der Waals surface area (Å²) in [5.41, 5.74) is 0.657. The van der Waals surface area contributed by atoms with Crippen molar-refractivity contribution in [2.75, 3.05) is 26.2 Å². The normalized spacial score (nSPS) is 28.3. The van der Waals surface area contributed by atoms with Crippen LogP contribution in [0.3, 0.4) is 0 Å². The number of fused-ring (bicyclic) bond motifs is 1. The SMILES string of the molecule is N#Cc1ccc(OCCCN2CC3CCC(O)C3C2)cc1. The van der Waals surface area contributed by atoms with Crippen LogP contribution in [0.1, 0.15) is 24.8 Å². The van der Waals surface area contributed by atoms with Gasteiger partial charge in [0, 0.05) is 25.6 Å². The highest BCUT2D eigenvalue weighted by Crippen LogP contribution is 2.37. The van der Waals surface area contributed by atoms with Crippen LogP contribution in [-0.2, 0) is 0 Å². The molecule has 1 aromatic carbocycles. The van der Waals surface area contributed by atoms with Gasteiger partial charge in [-0.05, 0) is 49.4 Å². The van der Waals surface area contributed by atoms with Gasteiger partial charge in [0.25, 0.3) is 0 Å². The Morgan fingerprint density at radius 1 is 1.24 bits per heavy atom. The molecule has 0 aromatic heterocycles. The molecule has 3 atom stereocenters. The number of nitriles is 1. The lowest BCUT2D eigenvalue weighted by molar-refractivity contribution is 0.123. The molecule has 2 aliphatic rings. The summed E-state index contributed by atoms with van der Waals surface area (Å²) in [6, 6.07) is 9.34. The minimum absolute atomic E-state index is 0.0742. The number of aliphatic hydroxyl groups is 1. The number of rotatable bonds is 5. The quantitative estimate of drug-likeness (QED) is 0.842. The largest absolute Gasteiger partial charge is 0.494 e. The van der Waals surface area contributed by atoms with Crippen LogP contribution in [0.25, 0.3) is 0 Å². The van der Waals surface area contributed by atoms with E-state index in [1.165, 1.54) is 6.42 Å². The van der Waals surface area contributed by atoms with Gasteiger partial charge in [-0.2, -0.15) is 5.26 Å². The van der Waals surface area contributed by atoms with E-state index >= 15 is 0 Å². The van der Waals surface area contributed by atoms with Crippen LogP contribution in [0.5, 0.6) is 5.75 Å². The first kappa shape index (κ1) is 14.4. The minimum Gasteiger partial charge on any atom is -0.494 e. The van der Waals surface area contributed by atoms with Crippen LogP contribution in [0.2, 0.25) is 0 Å². The summed E-state index contributed by atoms with van der Waals surface area (Å²) >= 11 is 0. The number of nitrogens with zero attached hydrogens (tertiary/aromatic N) is 2. The maximum Gasteiger partial charge on any atom is 0.119 e. The highest BCUT2D eigenvalue weighted by molar-refractivity contribution is 5.34. The zero-order valence-corrected chi connectivity index (χ0v) is 12.2. The van der Waals surface area contributed by atoms with Gasteiger partial charge in [-0.1, -0.05) is 0 Å². The van der Waals surface area contributed by atoms with Gasteiger partial charge in [-0.3, -0.25) is 0 Å². The molecule has 1 N–H and O–H groups in total. The van der Waals surface area contributed by atoms with Crippen LogP contribution >= 0.6 is 0 Å². The summed E-state index contributed by atoms with van der Waals surface area (Å²) in [4.78, 5) is 2.46. The predicted molar refractivity (Wildman–Crippen MR) is 79.9 cm³/mol. The van der Waals surface area contributed by atoms with E-state index < -0.39 is 0 Å². The number of likely N-dealkylation sites (tertiary alicyclic amines) is 1. The summed E-state index contributed by atoms with van der Waals surface area (Å²) in [5, 5.41) is 18.6. The molecule has 112 valence electrons. The van der Waals surface area contributed by atoms with Crippen LogP contribution < -0.4 is 4.74 Å². The van der Waals surface area contributed by atoms with E-state index in [1.54, 1.807) is 12.1 Å². The first-order valence-electron chi connectivity index (χ1n) is 7.79. The van der Waals surface area contributed by atoms with Crippen molar-refractivity contribution >= 4 is 0 Å². The van der Waals surface area contributed by atoms with Crippen LogP contribution in [0.4, 0.5) is 0 Å². The molecule has 0 bridgehead atoms. The smallest absolute Gasteiger partial charge is 0.119 e. The molecular weight excluding hydrogens is 264 g/mol. The maximum atomic E-state index is 9.91. The van der Waals surface area contributed by atoms with Crippen molar-refractivity contribution in [1.82, 2.24) is 4.90 Å². The molecule has 0 amide bonds. The third kappa shape index (κ3) is 3.37. The van der Waals surface area contributed by atoms with E-state index in [0.29, 0.717) is 24.0 Å². The Hall–Kier alpha value is -1.57. The average Bonchev–Trinajstić information content (AvgIpc) is 3.06. The van der Waals surface area contributed by atoms with Crippen LogP contribution in [-0.4, -0.2) is 42.4 Å². The van der Waals surface area contributed by atoms with Crippen molar-refractivity contribution < 1.29 is 9.84 Å². The predicted octanol–water partition coefficient (Wildman–Crippen LogP) is 2.03. The Morgan fingerprint density at radius 3 is 2.76 bits per heavy atom. The third-order valence-corrected chi connectivity index (χ3v) is 4.77. The van der Waals surface area contributed by atoms with E-state index in [-0.39, 0.29) is 6.10 Å². The van der Waals surface area contributed by atoms with Crippen molar-refractivity contribution in [2.24, 2.45) is 11.8 Å². The minimum atomic E-state index is -0.0742. The molecule has 4 heteroatoms. The molecule has 1 aliphatic heterocycles. The molecule has 0 spiro atoms. The van der Waals surface area contributed by atoms with Crippen LogP contribution in [0, 0.1) is 23.2 Å². The average molecular weight is 286 g/mol. The van der Waals surface area contributed by atoms with E-state index in [0.717, 1.165) is 38.2 Å². The van der Waals surface area contributed by atoms with Gasteiger partial charge in [0.2, 0.25) is 0 Å². The van der Waals surface area contributed by atoms with Gasteiger partial charge in [-0.15, -0.1) is 0 Å². The van der Waals surface area contributed by atoms with E-state index in [4.69, 9.17) is 10.00 Å². The molecule has 1 aromatic rings. The Morgan fingerprint density at radius 2 is 2.05 bits per heavy atom. The van der Waals surface area contributed by atoms with E-state index in [1.807, 2.05) is 12.1 Å². The molecule has 1 heterocycles. The summed E-state index contributed by atoms with van der Waals surface area (Å²) in [5.74, 6) is 2.03. The standard InChI is InChI=1S/C17H22N2O2/c18-10-13-2-5-15(6-3-13)21-9-1-8-19-11-14-4-7-17(20)16(14)12-19/h2-3,5-6,14,16-17,20H,1,4,7-9,11-12H2. The van der Waals surface area contributed by atoms with Crippen LogP contribution in [0.15, 0.2) is 24.3 Å². The topological polar surface area (TPSA) is 56.5 Å². The van der Waals surface area contributed by atoms with Gasteiger partial charge >= 0.3 is 0 Å². The second-order valence-electron chi connectivity index (χ2n) is 6.17. The first-order valence-corrected chi connectivity index (χ1v) is 7.79. The highest BCUT2D eigenvalue weighted by atomic mass is 16.5. The monoisotopic (exact) mass is 286 g/mol. The second kappa shape index (κ2) is 6.46. The number of aliphatic hydroxyl groups excluding tert-OH is 1. The van der Waals surface area contributed by atoms with Crippen molar-refractivity contribution in [3.8, 4) is 11.8 Å². The zero-order valence-electron chi connectivity index (χ0n) is 12.2.